The zero-order valence-electron chi connectivity index (χ0n) is 13.1. The number of aromatic nitrogens is 2. The molecule has 0 aliphatic rings. The summed E-state index contributed by atoms with van der Waals surface area (Å²) in [4.78, 5) is 20.1. The van der Waals surface area contributed by atoms with E-state index in [0.717, 1.165) is 22.2 Å². The number of hydrogen-bond acceptors (Lipinski definition) is 4. The lowest BCUT2D eigenvalue weighted by atomic mass is 10.2. The third-order valence-corrected chi connectivity index (χ3v) is 3.38. The molecule has 0 aliphatic carbocycles. The van der Waals surface area contributed by atoms with Crippen LogP contribution in [0.1, 0.15) is 11.1 Å². The van der Waals surface area contributed by atoms with E-state index >= 15 is 0 Å². The quantitative estimate of drug-likeness (QED) is 0.781. The number of ether oxygens (including phenoxy) is 1. The molecule has 0 atom stereocenters. The summed E-state index contributed by atoms with van der Waals surface area (Å²) in [6, 6.07) is 15.4. The monoisotopic (exact) mass is 319 g/mol. The van der Waals surface area contributed by atoms with Gasteiger partial charge in [-0.1, -0.05) is 48.6 Å². The van der Waals surface area contributed by atoms with E-state index in [2.05, 4.69) is 15.3 Å². The Hall–Kier alpha value is -3.21. The fourth-order valence-corrected chi connectivity index (χ4v) is 2.20. The van der Waals surface area contributed by atoms with E-state index in [1.54, 1.807) is 12.4 Å². The number of fused-ring (bicyclic) bond motifs is 1. The molecule has 120 valence electrons. The molecule has 0 aliphatic heterocycles. The predicted molar refractivity (Wildman–Crippen MR) is 93.2 cm³/mol. The van der Waals surface area contributed by atoms with Gasteiger partial charge in [0, 0.05) is 18.9 Å². The van der Waals surface area contributed by atoms with E-state index in [0.29, 0.717) is 6.54 Å². The van der Waals surface area contributed by atoms with Gasteiger partial charge in [-0.15, -0.1) is 0 Å². The van der Waals surface area contributed by atoms with Gasteiger partial charge in [-0.2, -0.15) is 0 Å². The van der Waals surface area contributed by atoms with Crippen molar-refractivity contribution in [3.63, 3.8) is 0 Å². The molecule has 3 rings (SSSR count). The number of rotatable bonds is 5. The highest BCUT2D eigenvalue weighted by Gasteiger charge is 2.00. The first-order valence-electron chi connectivity index (χ1n) is 7.63. The van der Waals surface area contributed by atoms with Crippen molar-refractivity contribution < 1.29 is 9.53 Å². The summed E-state index contributed by atoms with van der Waals surface area (Å²) < 4.78 is 5.14. The van der Waals surface area contributed by atoms with Crippen LogP contribution in [0.2, 0.25) is 0 Å². The second kappa shape index (κ2) is 7.87. The molecule has 24 heavy (non-hydrogen) atoms. The Morgan fingerprint density at radius 1 is 1.04 bits per heavy atom. The molecule has 0 saturated heterocycles. The van der Waals surface area contributed by atoms with Gasteiger partial charge in [-0.25, -0.2) is 4.79 Å². The van der Waals surface area contributed by atoms with Crippen molar-refractivity contribution in [1.82, 2.24) is 15.3 Å². The Morgan fingerprint density at radius 3 is 2.67 bits per heavy atom. The molecule has 1 heterocycles. The van der Waals surface area contributed by atoms with Crippen molar-refractivity contribution in [2.75, 3.05) is 6.54 Å². The van der Waals surface area contributed by atoms with E-state index in [1.807, 2.05) is 60.7 Å². The standard InChI is InChI=1S/C19H17N3O2/c23-19(24-14-16-5-2-1-3-6-16)22-10-4-7-15-8-9-17-18(13-15)21-12-11-20-17/h1-9,11-13H,10,14H2,(H,22,23). The summed E-state index contributed by atoms with van der Waals surface area (Å²) in [5, 5.41) is 2.68. The van der Waals surface area contributed by atoms with Crippen LogP contribution in [0.25, 0.3) is 17.1 Å². The number of carbonyl (C=O) groups excluding carboxylic acids is 1. The van der Waals surface area contributed by atoms with Crippen LogP contribution in [0.3, 0.4) is 0 Å². The minimum Gasteiger partial charge on any atom is -0.445 e. The molecule has 1 N–H and O–H groups in total. The van der Waals surface area contributed by atoms with E-state index in [-0.39, 0.29) is 6.61 Å². The molecular formula is C19H17N3O2. The van der Waals surface area contributed by atoms with Gasteiger partial charge in [-0.05, 0) is 23.3 Å². The van der Waals surface area contributed by atoms with Gasteiger partial charge >= 0.3 is 6.09 Å². The second-order valence-electron chi connectivity index (χ2n) is 5.15. The van der Waals surface area contributed by atoms with Crippen LogP contribution in [-0.4, -0.2) is 22.6 Å². The number of amides is 1. The Morgan fingerprint density at radius 2 is 1.83 bits per heavy atom. The van der Waals surface area contributed by atoms with E-state index in [4.69, 9.17) is 4.74 Å². The minimum absolute atomic E-state index is 0.264. The van der Waals surface area contributed by atoms with Crippen molar-refractivity contribution >= 4 is 23.2 Å². The van der Waals surface area contributed by atoms with Crippen LogP contribution in [0.15, 0.2) is 67.0 Å². The molecule has 1 aromatic heterocycles. The first-order valence-corrected chi connectivity index (χ1v) is 7.63. The third kappa shape index (κ3) is 4.39. The minimum atomic E-state index is -0.437. The smallest absolute Gasteiger partial charge is 0.407 e. The van der Waals surface area contributed by atoms with E-state index in [1.165, 1.54) is 0 Å². The highest BCUT2D eigenvalue weighted by atomic mass is 16.5. The topological polar surface area (TPSA) is 64.1 Å². The SMILES string of the molecule is O=C(NCC=Cc1ccc2nccnc2c1)OCc1ccccc1. The lowest BCUT2D eigenvalue weighted by Crippen LogP contribution is -2.24. The first-order chi connectivity index (χ1) is 11.8. The average Bonchev–Trinajstić information content (AvgIpc) is 2.64. The summed E-state index contributed by atoms with van der Waals surface area (Å²) in [5.41, 5.74) is 3.66. The molecule has 5 heteroatoms. The van der Waals surface area contributed by atoms with Gasteiger partial charge in [0.05, 0.1) is 11.0 Å². The molecule has 5 nitrogen and oxygen atoms in total. The molecule has 0 fully saturated rings. The van der Waals surface area contributed by atoms with Crippen LogP contribution in [-0.2, 0) is 11.3 Å². The summed E-state index contributed by atoms with van der Waals surface area (Å²) in [6.45, 7) is 0.659. The molecule has 0 unspecified atom stereocenters. The fraction of sp³-hybridized carbons (Fsp3) is 0.105. The lowest BCUT2D eigenvalue weighted by molar-refractivity contribution is 0.141. The number of nitrogens with zero attached hydrogens (tertiary/aromatic N) is 2. The molecule has 0 radical (unpaired) electrons. The van der Waals surface area contributed by atoms with Gasteiger partial charge in [-0.3, -0.25) is 9.97 Å². The van der Waals surface area contributed by atoms with Crippen LogP contribution >= 0.6 is 0 Å². The molecule has 0 bridgehead atoms. The normalized spacial score (nSPS) is 10.8. The molecule has 1 amide bonds. The third-order valence-electron chi connectivity index (χ3n) is 3.38. The van der Waals surface area contributed by atoms with Crippen molar-refractivity contribution in [1.29, 1.82) is 0 Å². The Balaban J connectivity index is 1.46. The van der Waals surface area contributed by atoms with Crippen molar-refractivity contribution in [3.05, 3.63) is 78.1 Å². The number of hydrogen-bond donors (Lipinski definition) is 1. The Bertz CT molecular complexity index is 847. The highest BCUT2D eigenvalue weighted by molar-refractivity contribution is 5.77. The molecular weight excluding hydrogens is 302 g/mol. The van der Waals surface area contributed by atoms with Gasteiger partial charge in [0.15, 0.2) is 0 Å². The lowest BCUT2D eigenvalue weighted by Gasteiger charge is -2.05. The largest absolute Gasteiger partial charge is 0.445 e. The zero-order valence-corrected chi connectivity index (χ0v) is 13.1. The highest BCUT2D eigenvalue weighted by Crippen LogP contribution is 2.11. The van der Waals surface area contributed by atoms with Crippen LogP contribution < -0.4 is 5.32 Å². The maximum atomic E-state index is 11.6. The van der Waals surface area contributed by atoms with Gasteiger partial charge in [0.25, 0.3) is 0 Å². The summed E-state index contributed by atoms with van der Waals surface area (Å²) in [7, 11) is 0. The van der Waals surface area contributed by atoms with Gasteiger partial charge in [0.1, 0.15) is 6.61 Å². The van der Waals surface area contributed by atoms with E-state index < -0.39 is 6.09 Å². The van der Waals surface area contributed by atoms with Gasteiger partial charge in [0.2, 0.25) is 0 Å². The summed E-state index contributed by atoms with van der Waals surface area (Å²) in [6.07, 6.45) is 6.68. The number of benzene rings is 2. The first kappa shape index (κ1) is 15.7. The zero-order chi connectivity index (χ0) is 16.6. The summed E-state index contributed by atoms with van der Waals surface area (Å²) >= 11 is 0. The Kier molecular flexibility index (Phi) is 5.14. The molecule has 2 aromatic carbocycles. The molecule has 0 spiro atoms. The molecule has 0 saturated carbocycles. The average molecular weight is 319 g/mol. The predicted octanol–water partition coefficient (Wildman–Crippen LogP) is 3.57. The van der Waals surface area contributed by atoms with Crippen LogP contribution in [0, 0.1) is 0 Å². The second-order valence-corrected chi connectivity index (χ2v) is 5.15. The van der Waals surface area contributed by atoms with Gasteiger partial charge < -0.3 is 10.1 Å². The number of nitrogens with one attached hydrogen (secondary N) is 1. The number of alkyl carbamates (subject to hydrolysis) is 1. The van der Waals surface area contributed by atoms with Crippen molar-refractivity contribution in [2.45, 2.75) is 6.61 Å². The Labute approximate surface area is 140 Å². The van der Waals surface area contributed by atoms with Crippen molar-refractivity contribution in [3.8, 4) is 0 Å². The van der Waals surface area contributed by atoms with Crippen molar-refractivity contribution in [2.24, 2.45) is 0 Å². The molecule has 3 aromatic rings. The summed E-state index contributed by atoms with van der Waals surface area (Å²) in [5.74, 6) is 0. The maximum Gasteiger partial charge on any atom is 0.407 e. The van der Waals surface area contributed by atoms with E-state index in [9.17, 15) is 4.79 Å². The van der Waals surface area contributed by atoms with Crippen LogP contribution in [0.4, 0.5) is 4.79 Å². The number of carbonyl (C=O) groups is 1. The maximum absolute atomic E-state index is 11.6. The fourth-order valence-electron chi connectivity index (χ4n) is 2.20. The van der Waals surface area contributed by atoms with Crippen LogP contribution in [0.5, 0.6) is 0 Å².